The van der Waals surface area contributed by atoms with Crippen molar-refractivity contribution in [1.29, 1.82) is 0 Å². The number of aliphatic hydroxyl groups is 3. The predicted molar refractivity (Wildman–Crippen MR) is 273 cm³/mol. The smallest absolute Gasteiger partial charge is 0.249 e. The molecule has 0 bridgehead atoms. The van der Waals surface area contributed by atoms with Gasteiger partial charge in [0, 0.05) is 0 Å². The summed E-state index contributed by atoms with van der Waals surface area (Å²) in [4.78, 5) is 12.5. The molecule has 0 aromatic heterocycles. The van der Waals surface area contributed by atoms with Crippen molar-refractivity contribution < 1.29 is 20.1 Å². The Bertz CT molecular complexity index is 920. The summed E-state index contributed by atoms with van der Waals surface area (Å²) < 4.78 is 0. The molecule has 0 radical (unpaired) electrons. The van der Waals surface area contributed by atoms with Crippen LogP contribution in [0.2, 0.25) is 0 Å². The van der Waals surface area contributed by atoms with Crippen molar-refractivity contribution in [1.82, 2.24) is 5.32 Å². The minimum absolute atomic E-state index is 0.374. The van der Waals surface area contributed by atoms with E-state index in [9.17, 15) is 20.1 Å². The lowest BCUT2D eigenvalue weighted by Crippen LogP contribution is -2.48. The zero-order valence-electron chi connectivity index (χ0n) is 42.0. The van der Waals surface area contributed by atoms with Gasteiger partial charge in [-0.15, -0.1) is 0 Å². The molecule has 0 heterocycles. The topological polar surface area (TPSA) is 89.8 Å². The fourth-order valence-electron chi connectivity index (χ4n) is 8.91. The molecule has 3 atom stereocenters. The maximum atomic E-state index is 12.5. The summed E-state index contributed by atoms with van der Waals surface area (Å²) in [5, 5.41) is 33.1. The molecule has 0 aromatic rings. The van der Waals surface area contributed by atoms with Crippen LogP contribution in [0.3, 0.4) is 0 Å². The van der Waals surface area contributed by atoms with E-state index in [4.69, 9.17) is 0 Å². The lowest BCUT2D eigenvalue weighted by molar-refractivity contribution is -0.131. The van der Waals surface area contributed by atoms with Gasteiger partial charge < -0.3 is 20.6 Å². The summed E-state index contributed by atoms with van der Waals surface area (Å²) in [7, 11) is 0. The molecule has 0 saturated carbocycles. The first-order chi connectivity index (χ1) is 30.6. The number of hydrogen-bond donors (Lipinski definition) is 4. The Kier molecular flexibility index (Phi) is 51.5. The summed E-state index contributed by atoms with van der Waals surface area (Å²) in [6.07, 6.45) is 67.3. The van der Waals surface area contributed by atoms with Crippen molar-refractivity contribution in [3.05, 3.63) is 24.3 Å². The Morgan fingerprint density at radius 2 is 0.661 bits per heavy atom. The molecule has 0 rings (SSSR count). The average Bonchev–Trinajstić information content (AvgIpc) is 3.28. The van der Waals surface area contributed by atoms with E-state index in [2.05, 4.69) is 31.3 Å². The van der Waals surface area contributed by atoms with Crippen LogP contribution < -0.4 is 5.32 Å². The fraction of sp³-hybridized carbons (Fsp3) is 0.912. The van der Waals surface area contributed by atoms with Gasteiger partial charge in [-0.1, -0.05) is 301 Å². The highest BCUT2D eigenvalue weighted by Crippen LogP contribution is 2.18. The van der Waals surface area contributed by atoms with E-state index in [1.165, 1.54) is 250 Å². The van der Waals surface area contributed by atoms with E-state index in [-0.39, 0.29) is 6.61 Å². The van der Waals surface area contributed by atoms with Gasteiger partial charge in [0.1, 0.15) is 6.10 Å². The Hall–Kier alpha value is -1.17. The van der Waals surface area contributed by atoms with Crippen LogP contribution in [0.15, 0.2) is 24.3 Å². The Morgan fingerprint density at radius 3 is 0.984 bits per heavy atom. The van der Waals surface area contributed by atoms with E-state index in [0.717, 1.165) is 38.5 Å². The number of aliphatic hydroxyl groups excluding tert-OH is 3. The van der Waals surface area contributed by atoms with Crippen LogP contribution >= 0.6 is 0 Å². The van der Waals surface area contributed by atoms with Crippen molar-refractivity contribution in [2.75, 3.05) is 6.61 Å². The molecule has 1 amide bonds. The van der Waals surface area contributed by atoms with Crippen LogP contribution in [0, 0.1) is 0 Å². The van der Waals surface area contributed by atoms with Crippen LogP contribution in [-0.4, -0.2) is 46.1 Å². The fourth-order valence-corrected chi connectivity index (χ4v) is 8.91. The van der Waals surface area contributed by atoms with Crippen molar-refractivity contribution in [3.63, 3.8) is 0 Å². The van der Waals surface area contributed by atoms with Gasteiger partial charge in [0.15, 0.2) is 0 Å². The quantitative estimate of drug-likeness (QED) is 0.0362. The third kappa shape index (κ3) is 46.8. The minimum Gasteiger partial charge on any atom is -0.394 e. The first-order valence-corrected chi connectivity index (χ1v) is 28.2. The van der Waals surface area contributed by atoms with E-state index in [1.54, 1.807) is 6.08 Å². The molecular weight excluding hydrogens is 763 g/mol. The number of nitrogens with one attached hydrogen (secondary N) is 1. The van der Waals surface area contributed by atoms with E-state index < -0.39 is 24.2 Å². The molecule has 0 fully saturated rings. The highest BCUT2D eigenvalue weighted by atomic mass is 16.3. The van der Waals surface area contributed by atoms with Crippen LogP contribution in [0.25, 0.3) is 0 Å². The van der Waals surface area contributed by atoms with Gasteiger partial charge in [-0.2, -0.15) is 0 Å². The van der Waals surface area contributed by atoms with Gasteiger partial charge in [0.2, 0.25) is 5.91 Å². The van der Waals surface area contributed by atoms with Crippen LogP contribution in [0.5, 0.6) is 0 Å². The van der Waals surface area contributed by atoms with Gasteiger partial charge >= 0.3 is 0 Å². The largest absolute Gasteiger partial charge is 0.394 e. The van der Waals surface area contributed by atoms with Gasteiger partial charge in [-0.25, -0.2) is 0 Å². The molecular formula is C57H111NO4. The normalized spacial score (nSPS) is 13.4. The number of unbranched alkanes of at least 4 members (excludes halogenated alkanes) is 42. The summed E-state index contributed by atoms with van der Waals surface area (Å²) in [5.41, 5.74) is 0. The zero-order valence-corrected chi connectivity index (χ0v) is 42.0. The van der Waals surface area contributed by atoms with Gasteiger partial charge in [-0.3, -0.25) is 4.79 Å². The lowest BCUT2D eigenvalue weighted by atomic mass is 10.0. The minimum atomic E-state index is -1.10. The highest BCUT2D eigenvalue weighted by molar-refractivity contribution is 5.80. The Labute approximate surface area is 388 Å². The molecule has 5 heteroatoms. The second-order valence-electron chi connectivity index (χ2n) is 19.5. The maximum absolute atomic E-state index is 12.5. The third-order valence-electron chi connectivity index (χ3n) is 13.3. The van der Waals surface area contributed by atoms with Gasteiger partial charge in [-0.05, 0) is 32.1 Å². The van der Waals surface area contributed by atoms with Crippen molar-refractivity contribution in [3.8, 4) is 0 Å². The maximum Gasteiger partial charge on any atom is 0.249 e. The number of carbonyl (C=O) groups excluding carboxylic acids is 1. The summed E-state index contributed by atoms with van der Waals surface area (Å²) in [6, 6.07) is -0.810. The predicted octanol–water partition coefficient (Wildman–Crippen LogP) is 17.3. The molecule has 0 aromatic carbocycles. The van der Waals surface area contributed by atoms with E-state index in [0.29, 0.717) is 6.42 Å². The third-order valence-corrected chi connectivity index (χ3v) is 13.3. The van der Waals surface area contributed by atoms with E-state index in [1.807, 2.05) is 6.08 Å². The molecule has 0 aliphatic carbocycles. The molecule has 0 aliphatic heterocycles. The molecule has 0 aliphatic rings. The van der Waals surface area contributed by atoms with Gasteiger partial charge in [0.05, 0.1) is 18.8 Å². The monoisotopic (exact) mass is 874 g/mol. The van der Waals surface area contributed by atoms with Crippen molar-refractivity contribution in [2.24, 2.45) is 0 Å². The standard InChI is InChI=1S/C57H111NO4/c1-3-5-7-9-11-13-15-16-17-18-19-20-21-22-23-24-25-26-27-28-29-30-31-32-33-34-35-36-37-38-39-40-41-42-44-46-48-50-52-56(61)57(62)58-54(53-59)55(60)51-49-47-45-43-14-12-10-8-6-4-2/h14,43,49,51,54-56,59-61H,3-13,15-42,44-48,50,52-53H2,1-2H3,(H,58,62)/b43-14+,51-49+. The number of carbonyl (C=O) groups is 1. The van der Waals surface area contributed by atoms with Crippen LogP contribution in [0.1, 0.15) is 309 Å². The SMILES string of the molecule is CCCCCC/C=C/CC/C=C/C(O)C(CO)NC(=O)C(O)CCCCCCCCCCCCCCCCCCCCCCCCCCCCCCCCCCCCCCCC. The van der Waals surface area contributed by atoms with Crippen LogP contribution in [0.4, 0.5) is 0 Å². The molecule has 5 nitrogen and oxygen atoms in total. The van der Waals surface area contributed by atoms with Crippen LogP contribution in [-0.2, 0) is 4.79 Å². The number of hydrogen-bond acceptors (Lipinski definition) is 4. The molecule has 4 N–H and O–H groups in total. The molecule has 368 valence electrons. The first-order valence-electron chi connectivity index (χ1n) is 28.2. The van der Waals surface area contributed by atoms with Crippen molar-refractivity contribution >= 4 is 5.91 Å². The first kappa shape index (κ1) is 60.8. The molecule has 0 spiro atoms. The summed E-state index contributed by atoms with van der Waals surface area (Å²) in [5.74, 6) is -0.510. The number of amides is 1. The van der Waals surface area contributed by atoms with Gasteiger partial charge in [0.25, 0.3) is 0 Å². The molecule has 0 saturated heterocycles. The second-order valence-corrected chi connectivity index (χ2v) is 19.5. The summed E-state index contributed by atoms with van der Waals surface area (Å²) >= 11 is 0. The zero-order chi connectivity index (χ0) is 45.1. The Balaban J connectivity index is 3.39. The number of allylic oxidation sites excluding steroid dienone is 3. The molecule has 3 unspecified atom stereocenters. The van der Waals surface area contributed by atoms with Crippen molar-refractivity contribution in [2.45, 2.75) is 327 Å². The lowest BCUT2D eigenvalue weighted by Gasteiger charge is -2.21. The number of rotatable bonds is 52. The summed E-state index contributed by atoms with van der Waals surface area (Å²) in [6.45, 7) is 4.15. The van der Waals surface area contributed by atoms with E-state index >= 15 is 0 Å². The highest BCUT2D eigenvalue weighted by Gasteiger charge is 2.22. The average molecular weight is 875 g/mol. The molecule has 62 heavy (non-hydrogen) atoms. The Morgan fingerprint density at radius 1 is 0.387 bits per heavy atom. The second kappa shape index (κ2) is 52.5.